The summed E-state index contributed by atoms with van der Waals surface area (Å²) in [5, 5.41) is 17.4. The van der Waals surface area contributed by atoms with Crippen molar-refractivity contribution in [1.29, 1.82) is 0 Å². The monoisotopic (exact) mass is 324 g/mol. The van der Waals surface area contributed by atoms with Crippen molar-refractivity contribution in [1.82, 2.24) is 30.8 Å². The SMILES string of the molecule is COCCNCCNC(=O)c1cc(Cl)ccc1-n1cnnn1. The Kier molecular flexibility index (Phi) is 6.26. The van der Waals surface area contributed by atoms with Crippen molar-refractivity contribution in [2.45, 2.75) is 0 Å². The van der Waals surface area contributed by atoms with E-state index in [1.54, 1.807) is 25.3 Å². The molecule has 1 heterocycles. The number of tetrazole rings is 1. The van der Waals surface area contributed by atoms with E-state index in [0.29, 0.717) is 36.0 Å². The Morgan fingerprint density at radius 3 is 2.95 bits per heavy atom. The van der Waals surface area contributed by atoms with Gasteiger partial charge in [-0.3, -0.25) is 4.79 Å². The van der Waals surface area contributed by atoms with E-state index >= 15 is 0 Å². The van der Waals surface area contributed by atoms with Gasteiger partial charge < -0.3 is 15.4 Å². The average molecular weight is 325 g/mol. The van der Waals surface area contributed by atoms with Crippen molar-refractivity contribution in [2.24, 2.45) is 0 Å². The quantitative estimate of drug-likeness (QED) is 0.677. The second-order valence-corrected chi connectivity index (χ2v) is 4.85. The van der Waals surface area contributed by atoms with Crippen LogP contribution in [-0.4, -0.2) is 59.5 Å². The highest BCUT2D eigenvalue weighted by Gasteiger charge is 2.14. The fourth-order valence-electron chi connectivity index (χ4n) is 1.82. The highest BCUT2D eigenvalue weighted by molar-refractivity contribution is 6.31. The van der Waals surface area contributed by atoms with Gasteiger partial charge in [0.2, 0.25) is 0 Å². The summed E-state index contributed by atoms with van der Waals surface area (Å²) in [4.78, 5) is 12.3. The lowest BCUT2D eigenvalue weighted by Gasteiger charge is -2.10. The summed E-state index contributed by atoms with van der Waals surface area (Å²) in [6, 6.07) is 4.97. The second-order valence-electron chi connectivity index (χ2n) is 4.41. The number of methoxy groups -OCH3 is 1. The van der Waals surface area contributed by atoms with Gasteiger partial charge in [0.15, 0.2) is 0 Å². The predicted molar refractivity (Wildman–Crippen MR) is 81.2 cm³/mol. The zero-order valence-corrected chi connectivity index (χ0v) is 12.9. The van der Waals surface area contributed by atoms with Gasteiger partial charge in [-0.2, -0.15) is 4.68 Å². The Bertz CT molecular complexity index is 605. The van der Waals surface area contributed by atoms with Crippen molar-refractivity contribution in [2.75, 3.05) is 33.4 Å². The van der Waals surface area contributed by atoms with Crippen molar-refractivity contribution < 1.29 is 9.53 Å². The van der Waals surface area contributed by atoms with Gasteiger partial charge in [0.25, 0.3) is 5.91 Å². The van der Waals surface area contributed by atoms with Gasteiger partial charge in [0.1, 0.15) is 6.33 Å². The van der Waals surface area contributed by atoms with Crippen LogP contribution in [0.15, 0.2) is 24.5 Å². The number of hydrogen-bond acceptors (Lipinski definition) is 6. The summed E-state index contributed by atoms with van der Waals surface area (Å²) in [5.74, 6) is -0.235. The van der Waals surface area contributed by atoms with E-state index in [0.717, 1.165) is 6.54 Å². The number of amides is 1. The number of carbonyl (C=O) groups is 1. The molecule has 118 valence electrons. The molecule has 22 heavy (non-hydrogen) atoms. The maximum atomic E-state index is 12.3. The highest BCUT2D eigenvalue weighted by atomic mass is 35.5. The molecule has 8 nitrogen and oxygen atoms in total. The van der Waals surface area contributed by atoms with Gasteiger partial charge in [-0.1, -0.05) is 11.6 Å². The minimum Gasteiger partial charge on any atom is -0.383 e. The van der Waals surface area contributed by atoms with E-state index in [2.05, 4.69) is 26.2 Å². The number of nitrogens with one attached hydrogen (secondary N) is 2. The van der Waals surface area contributed by atoms with Crippen LogP contribution < -0.4 is 10.6 Å². The number of aromatic nitrogens is 4. The van der Waals surface area contributed by atoms with E-state index in [4.69, 9.17) is 16.3 Å². The molecule has 2 aromatic rings. The Morgan fingerprint density at radius 2 is 2.23 bits per heavy atom. The van der Waals surface area contributed by atoms with Crippen LogP contribution in [0.25, 0.3) is 5.69 Å². The highest BCUT2D eigenvalue weighted by Crippen LogP contribution is 2.18. The molecule has 2 rings (SSSR count). The molecule has 0 aliphatic carbocycles. The predicted octanol–water partition coefficient (Wildman–Crippen LogP) is 0.281. The smallest absolute Gasteiger partial charge is 0.253 e. The van der Waals surface area contributed by atoms with Crippen LogP contribution >= 0.6 is 11.6 Å². The van der Waals surface area contributed by atoms with E-state index in [1.807, 2.05) is 0 Å². The average Bonchev–Trinajstić information content (AvgIpc) is 3.04. The molecular formula is C13H17ClN6O2. The number of halogens is 1. The molecule has 0 fully saturated rings. The molecule has 0 unspecified atom stereocenters. The topological polar surface area (TPSA) is 94.0 Å². The minimum atomic E-state index is -0.235. The Morgan fingerprint density at radius 1 is 1.36 bits per heavy atom. The van der Waals surface area contributed by atoms with Crippen molar-refractivity contribution >= 4 is 17.5 Å². The first-order valence-corrected chi connectivity index (χ1v) is 7.11. The van der Waals surface area contributed by atoms with E-state index in [-0.39, 0.29) is 5.91 Å². The van der Waals surface area contributed by atoms with E-state index in [9.17, 15) is 4.79 Å². The molecule has 1 aromatic heterocycles. The molecule has 0 radical (unpaired) electrons. The fraction of sp³-hybridized carbons (Fsp3) is 0.385. The molecule has 1 amide bonds. The van der Waals surface area contributed by atoms with Crippen molar-refractivity contribution in [3.8, 4) is 5.69 Å². The maximum absolute atomic E-state index is 12.3. The summed E-state index contributed by atoms with van der Waals surface area (Å²) in [5.41, 5.74) is 0.982. The largest absolute Gasteiger partial charge is 0.383 e. The summed E-state index contributed by atoms with van der Waals surface area (Å²) < 4.78 is 6.34. The number of hydrogen-bond donors (Lipinski definition) is 2. The first kappa shape index (κ1) is 16.3. The van der Waals surface area contributed by atoms with Crippen LogP contribution in [0.4, 0.5) is 0 Å². The first-order valence-electron chi connectivity index (χ1n) is 6.73. The van der Waals surface area contributed by atoms with Gasteiger partial charge in [-0.25, -0.2) is 0 Å². The number of carbonyl (C=O) groups excluding carboxylic acids is 1. The third-order valence-electron chi connectivity index (χ3n) is 2.87. The van der Waals surface area contributed by atoms with Crippen LogP contribution in [0.5, 0.6) is 0 Å². The summed E-state index contributed by atoms with van der Waals surface area (Å²) in [6.07, 6.45) is 1.42. The normalized spacial score (nSPS) is 10.6. The van der Waals surface area contributed by atoms with Crippen LogP contribution in [0.2, 0.25) is 5.02 Å². The first-order chi connectivity index (χ1) is 10.7. The molecule has 0 aliphatic rings. The van der Waals surface area contributed by atoms with E-state index < -0.39 is 0 Å². The third-order valence-corrected chi connectivity index (χ3v) is 3.10. The lowest BCUT2D eigenvalue weighted by Crippen LogP contribution is -2.33. The van der Waals surface area contributed by atoms with Crippen LogP contribution in [0.1, 0.15) is 10.4 Å². The molecule has 0 atom stereocenters. The fourth-order valence-corrected chi connectivity index (χ4v) is 1.99. The number of nitrogens with zero attached hydrogens (tertiary/aromatic N) is 4. The Labute approximate surface area is 132 Å². The van der Waals surface area contributed by atoms with Gasteiger partial charge in [0, 0.05) is 31.8 Å². The molecule has 9 heteroatoms. The molecule has 0 saturated carbocycles. The molecule has 2 N–H and O–H groups in total. The lowest BCUT2D eigenvalue weighted by molar-refractivity contribution is 0.0953. The molecule has 0 bridgehead atoms. The number of ether oxygens (including phenoxy) is 1. The standard InChI is InChI=1S/C13H17ClN6O2/c1-22-7-6-15-4-5-16-13(21)11-8-10(14)2-3-12(11)20-9-17-18-19-20/h2-3,8-9,15H,4-7H2,1H3,(H,16,21). The van der Waals surface area contributed by atoms with E-state index in [1.165, 1.54) is 11.0 Å². The van der Waals surface area contributed by atoms with Crippen molar-refractivity contribution in [3.05, 3.63) is 35.1 Å². The van der Waals surface area contributed by atoms with Crippen molar-refractivity contribution in [3.63, 3.8) is 0 Å². The summed E-state index contributed by atoms with van der Waals surface area (Å²) >= 11 is 5.97. The lowest BCUT2D eigenvalue weighted by atomic mass is 10.1. The zero-order valence-electron chi connectivity index (χ0n) is 12.1. The minimum absolute atomic E-state index is 0.235. The molecule has 0 spiro atoms. The molecular weight excluding hydrogens is 308 g/mol. The van der Waals surface area contributed by atoms with Gasteiger partial charge >= 0.3 is 0 Å². The van der Waals surface area contributed by atoms with Gasteiger partial charge in [-0.05, 0) is 28.6 Å². The van der Waals surface area contributed by atoms with Crippen LogP contribution in [0.3, 0.4) is 0 Å². The Balaban J connectivity index is 1.98. The third kappa shape index (κ3) is 4.48. The van der Waals surface area contributed by atoms with Gasteiger partial charge in [-0.15, -0.1) is 5.10 Å². The van der Waals surface area contributed by atoms with Crippen LogP contribution in [-0.2, 0) is 4.74 Å². The summed E-state index contributed by atoms with van der Waals surface area (Å²) in [7, 11) is 1.64. The summed E-state index contributed by atoms with van der Waals surface area (Å²) in [6.45, 7) is 2.51. The second kappa shape index (κ2) is 8.42. The molecule has 0 saturated heterocycles. The molecule has 1 aromatic carbocycles. The Hall–Kier alpha value is -2.03. The number of rotatable bonds is 8. The zero-order chi connectivity index (χ0) is 15.8. The van der Waals surface area contributed by atoms with Crippen LogP contribution in [0, 0.1) is 0 Å². The maximum Gasteiger partial charge on any atom is 0.253 e. The van der Waals surface area contributed by atoms with Gasteiger partial charge in [0.05, 0.1) is 17.9 Å². The molecule has 0 aliphatic heterocycles. The number of benzene rings is 1.